The Hall–Kier alpha value is -1.30. The van der Waals surface area contributed by atoms with Crippen molar-refractivity contribution in [2.75, 3.05) is 0 Å². The van der Waals surface area contributed by atoms with Gasteiger partial charge in [-0.15, -0.1) is 0 Å². The summed E-state index contributed by atoms with van der Waals surface area (Å²) in [6.45, 7) is 0. The highest BCUT2D eigenvalue weighted by molar-refractivity contribution is 7.46. The number of phosphoric acid groups is 1. The molecular weight excluding hydrogens is 248 g/mol. The first-order chi connectivity index (χ1) is 7.29. The highest BCUT2D eigenvalue weighted by Gasteiger charge is 2.16. The Kier molecular flexibility index (Phi) is 3.74. The van der Waals surface area contributed by atoms with Crippen LogP contribution in [0.2, 0.25) is 0 Å². The van der Waals surface area contributed by atoms with Gasteiger partial charge in [-0.05, 0) is 24.3 Å². The maximum Gasteiger partial charge on any atom is 0.524 e. The van der Waals surface area contributed by atoms with Crippen molar-refractivity contribution in [3.63, 3.8) is 0 Å². The molecule has 0 saturated carbocycles. The summed E-state index contributed by atoms with van der Waals surface area (Å²) in [4.78, 5) is 16.8. The summed E-state index contributed by atoms with van der Waals surface area (Å²) < 4.78 is 50.9. The van der Waals surface area contributed by atoms with Gasteiger partial charge in [0.1, 0.15) is 5.75 Å². The van der Waals surface area contributed by atoms with E-state index < -0.39 is 25.3 Å². The molecule has 88 valence electrons. The standard InChI is InChI=1S/C8H6F3O4P/c9-7(8(10)11)5-1-3-6(4-2-5)15-16(12,13)14/h1-4H,(H2,12,13,14). The molecule has 0 fully saturated rings. The Balaban J connectivity index is 2.93. The number of rotatable bonds is 3. The summed E-state index contributed by atoms with van der Waals surface area (Å²) in [5.74, 6) is -1.94. The fourth-order valence-electron chi connectivity index (χ4n) is 0.909. The Morgan fingerprint density at radius 1 is 1.12 bits per heavy atom. The van der Waals surface area contributed by atoms with Crippen LogP contribution in [0.25, 0.3) is 5.83 Å². The predicted molar refractivity (Wildman–Crippen MR) is 49.4 cm³/mol. The average Bonchev–Trinajstić information content (AvgIpc) is 2.15. The molecule has 1 rings (SSSR count). The van der Waals surface area contributed by atoms with Crippen LogP contribution in [-0.4, -0.2) is 9.79 Å². The van der Waals surface area contributed by atoms with E-state index >= 15 is 0 Å². The van der Waals surface area contributed by atoms with Crippen molar-refractivity contribution >= 4 is 13.6 Å². The van der Waals surface area contributed by atoms with Crippen molar-refractivity contribution in [2.45, 2.75) is 0 Å². The summed E-state index contributed by atoms with van der Waals surface area (Å²) in [6, 6.07) is 3.77. The molecule has 0 amide bonds. The van der Waals surface area contributed by atoms with Crippen LogP contribution in [0.4, 0.5) is 13.2 Å². The van der Waals surface area contributed by atoms with Gasteiger partial charge in [0, 0.05) is 5.56 Å². The second-order valence-corrected chi connectivity index (χ2v) is 3.84. The minimum atomic E-state index is -4.70. The van der Waals surface area contributed by atoms with E-state index in [0.29, 0.717) is 0 Å². The summed E-state index contributed by atoms with van der Waals surface area (Å²) in [5.41, 5.74) is -0.405. The van der Waals surface area contributed by atoms with Crippen molar-refractivity contribution in [3.05, 3.63) is 35.9 Å². The smallest absolute Gasteiger partial charge is 0.404 e. The minimum Gasteiger partial charge on any atom is -0.404 e. The number of hydrogen-bond donors (Lipinski definition) is 2. The van der Waals surface area contributed by atoms with E-state index in [1.807, 2.05) is 0 Å². The van der Waals surface area contributed by atoms with Crippen molar-refractivity contribution in [1.82, 2.24) is 0 Å². The van der Waals surface area contributed by atoms with Crippen LogP contribution in [0.5, 0.6) is 5.75 Å². The fourth-order valence-corrected chi connectivity index (χ4v) is 1.30. The van der Waals surface area contributed by atoms with Crippen LogP contribution in [-0.2, 0) is 4.57 Å². The van der Waals surface area contributed by atoms with Gasteiger partial charge < -0.3 is 4.52 Å². The third-order valence-electron chi connectivity index (χ3n) is 1.50. The summed E-state index contributed by atoms with van der Waals surface area (Å²) in [7, 11) is -4.70. The largest absolute Gasteiger partial charge is 0.524 e. The van der Waals surface area contributed by atoms with E-state index in [9.17, 15) is 17.7 Å². The van der Waals surface area contributed by atoms with Crippen LogP contribution in [0.15, 0.2) is 30.3 Å². The normalized spacial score (nSPS) is 11.1. The lowest BCUT2D eigenvalue weighted by Gasteiger charge is -2.06. The van der Waals surface area contributed by atoms with E-state index in [4.69, 9.17) is 9.79 Å². The molecule has 0 atom stereocenters. The highest BCUT2D eigenvalue weighted by atomic mass is 31.2. The molecule has 16 heavy (non-hydrogen) atoms. The maximum absolute atomic E-state index is 12.7. The van der Waals surface area contributed by atoms with E-state index in [1.165, 1.54) is 0 Å². The summed E-state index contributed by atoms with van der Waals surface area (Å²) in [5, 5.41) is 0. The van der Waals surface area contributed by atoms with Gasteiger partial charge in [-0.3, -0.25) is 9.79 Å². The van der Waals surface area contributed by atoms with Crippen LogP contribution in [0.3, 0.4) is 0 Å². The molecule has 0 spiro atoms. The molecule has 0 aliphatic carbocycles. The molecule has 2 N–H and O–H groups in total. The monoisotopic (exact) mass is 254 g/mol. The van der Waals surface area contributed by atoms with E-state index in [-0.39, 0.29) is 5.75 Å². The lowest BCUT2D eigenvalue weighted by Crippen LogP contribution is -1.90. The Labute approximate surface area is 88.2 Å². The molecule has 0 heterocycles. The first-order valence-corrected chi connectivity index (χ1v) is 5.39. The quantitative estimate of drug-likeness (QED) is 0.814. The molecular formula is C8H6F3O4P. The van der Waals surface area contributed by atoms with Gasteiger partial charge in [0.05, 0.1) is 0 Å². The van der Waals surface area contributed by atoms with Gasteiger partial charge in [-0.1, -0.05) is 0 Å². The minimum absolute atomic E-state index is 0.246. The second kappa shape index (κ2) is 4.69. The molecule has 0 saturated heterocycles. The molecule has 0 aliphatic rings. The van der Waals surface area contributed by atoms with Gasteiger partial charge in [-0.2, -0.15) is 8.78 Å². The number of hydrogen-bond acceptors (Lipinski definition) is 2. The zero-order chi connectivity index (χ0) is 12.3. The zero-order valence-corrected chi connectivity index (χ0v) is 8.50. The van der Waals surface area contributed by atoms with Crippen molar-refractivity contribution in [1.29, 1.82) is 0 Å². The molecule has 0 bridgehead atoms. The molecule has 0 aliphatic heterocycles. The predicted octanol–water partition coefficient (Wildman–Crippen LogP) is 2.69. The van der Waals surface area contributed by atoms with Crippen LogP contribution in [0.1, 0.15) is 5.56 Å². The molecule has 0 radical (unpaired) electrons. The average molecular weight is 254 g/mol. The fraction of sp³-hybridized carbons (Fsp3) is 0. The van der Waals surface area contributed by atoms with Gasteiger partial charge in [0.2, 0.25) is 0 Å². The zero-order valence-electron chi connectivity index (χ0n) is 7.60. The second-order valence-electron chi connectivity index (χ2n) is 2.68. The Bertz CT molecular complexity index is 447. The molecule has 1 aromatic carbocycles. The summed E-state index contributed by atoms with van der Waals surface area (Å²) >= 11 is 0. The van der Waals surface area contributed by atoms with Gasteiger partial charge in [0.15, 0.2) is 5.83 Å². The molecule has 8 heteroatoms. The topological polar surface area (TPSA) is 66.8 Å². The molecule has 4 nitrogen and oxygen atoms in total. The molecule has 1 aromatic rings. The van der Waals surface area contributed by atoms with Crippen LogP contribution in [0, 0.1) is 0 Å². The Morgan fingerprint density at radius 3 is 2.00 bits per heavy atom. The summed E-state index contributed by atoms with van der Waals surface area (Å²) in [6.07, 6.45) is -2.47. The molecule has 0 unspecified atom stereocenters. The highest BCUT2D eigenvalue weighted by Crippen LogP contribution is 2.37. The lowest BCUT2D eigenvalue weighted by molar-refractivity contribution is 0.283. The number of phosphoric ester groups is 1. The van der Waals surface area contributed by atoms with Gasteiger partial charge >= 0.3 is 13.9 Å². The van der Waals surface area contributed by atoms with E-state index in [1.54, 1.807) is 0 Å². The lowest BCUT2D eigenvalue weighted by atomic mass is 10.2. The molecule has 0 aromatic heterocycles. The van der Waals surface area contributed by atoms with Gasteiger partial charge in [0.25, 0.3) is 0 Å². The third-order valence-corrected chi connectivity index (χ3v) is 1.95. The maximum atomic E-state index is 12.7. The van der Waals surface area contributed by atoms with Crippen molar-refractivity contribution < 1.29 is 32.0 Å². The first-order valence-electron chi connectivity index (χ1n) is 3.86. The third kappa shape index (κ3) is 3.69. The Morgan fingerprint density at radius 2 is 1.62 bits per heavy atom. The number of halogens is 3. The van der Waals surface area contributed by atoms with Crippen LogP contribution >= 0.6 is 7.82 Å². The number of benzene rings is 1. The SMILES string of the molecule is O=P(O)(O)Oc1ccc(C(F)=C(F)F)cc1. The van der Waals surface area contributed by atoms with Crippen molar-refractivity contribution in [2.24, 2.45) is 0 Å². The van der Waals surface area contributed by atoms with E-state index in [0.717, 1.165) is 24.3 Å². The van der Waals surface area contributed by atoms with Crippen molar-refractivity contribution in [3.8, 4) is 5.75 Å². The van der Waals surface area contributed by atoms with Crippen LogP contribution < -0.4 is 4.52 Å². The first kappa shape index (κ1) is 12.8. The van der Waals surface area contributed by atoms with E-state index in [2.05, 4.69) is 4.52 Å². The van der Waals surface area contributed by atoms with Gasteiger partial charge in [-0.25, -0.2) is 8.96 Å².